The summed E-state index contributed by atoms with van der Waals surface area (Å²) in [5.74, 6) is 2.24. The van der Waals surface area contributed by atoms with Gasteiger partial charge in [0.15, 0.2) is 0 Å². The van der Waals surface area contributed by atoms with E-state index in [1.54, 1.807) is 0 Å². The van der Waals surface area contributed by atoms with Crippen LogP contribution in [0.1, 0.15) is 61.8 Å². The zero-order valence-electron chi connectivity index (χ0n) is 17.5. The minimum Gasteiger partial charge on any atom is -0.494 e. The summed E-state index contributed by atoms with van der Waals surface area (Å²) in [6, 6.07) is 16.1. The summed E-state index contributed by atoms with van der Waals surface area (Å²) in [7, 11) is 0. The highest BCUT2D eigenvalue weighted by Crippen LogP contribution is 2.32. The van der Waals surface area contributed by atoms with Gasteiger partial charge in [-0.1, -0.05) is 12.1 Å². The van der Waals surface area contributed by atoms with E-state index in [9.17, 15) is 4.79 Å². The molecule has 2 heterocycles. The van der Waals surface area contributed by atoms with Crippen LogP contribution in [0.25, 0.3) is 11.0 Å². The Morgan fingerprint density at radius 2 is 1.93 bits per heavy atom. The highest BCUT2D eigenvalue weighted by molar-refractivity contribution is 5.94. The number of carbonyl (C=O) groups excluding carboxylic acids is 1. The first-order valence-corrected chi connectivity index (χ1v) is 10.6. The molecule has 0 bridgehead atoms. The molecule has 5 heteroatoms. The molecule has 3 aromatic rings. The number of hydrogen-bond donors (Lipinski definition) is 0. The van der Waals surface area contributed by atoms with Gasteiger partial charge in [0.1, 0.15) is 11.6 Å². The number of nitrogens with zero attached hydrogens (tertiary/aromatic N) is 3. The highest BCUT2D eigenvalue weighted by atomic mass is 16.5. The number of likely N-dealkylation sites (tertiary alicyclic amines) is 1. The first-order valence-electron chi connectivity index (χ1n) is 10.6. The molecule has 0 spiro atoms. The van der Waals surface area contributed by atoms with Gasteiger partial charge in [-0.05, 0) is 70.0 Å². The number of para-hydroxylation sites is 2. The number of fused-ring (bicyclic) bond motifs is 1. The molecule has 0 saturated carbocycles. The summed E-state index contributed by atoms with van der Waals surface area (Å²) >= 11 is 0. The maximum absolute atomic E-state index is 13.1. The summed E-state index contributed by atoms with van der Waals surface area (Å²) in [4.78, 5) is 20.0. The summed E-state index contributed by atoms with van der Waals surface area (Å²) in [6.07, 6.45) is 2.05. The topological polar surface area (TPSA) is 47.4 Å². The van der Waals surface area contributed by atoms with E-state index in [-0.39, 0.29) is 11.8 Å². The van der Waals surface area contributed by atoms with Crippen LogP contribution in [0.4, 0.5) is 0 Å². The van der Waals surface area contributed by atoms with Crippen LogP contribution in [0.3, 0.4) is 0 Å². The SMILES string of the molecule is CCOc1ccc(C(=O)N2CCCC(c3nc4ccccc4n3C(C)C)C2)cc1. The fourth-order valence-corrected chi connectivity index (χ4v) is 4.31. The predicted octanol–water partition coefficient (Wildman–Crippen LogP) is 5.04. The summed E-state index contributed by atoms with van der Waals surface area (Å²) in [5.41, 5.74) is 2.92. The Hall–Kier alpha value is -2.82. The van der Waals surface area contributed by atoms with E-state index in [2.05, 4.69) is 36.6 Å². The summed E-state index contributed by atoms with van der Waals surface area (Å²) < 4.78 is 7.83. The highest BCUT2D eigenvalue weighted by Gasteiger charge is 2.29. The second-order valence-electron chi connectivity index (χ2n) is 7.97. The average molecular weight is 392 g/mol. The summed E-state index contributed by atoms with van der Waals surface area (Å²) in [5, 5.41) is 0. The molecule has 1 fully saturated rings. The number of carbonyl (C=O) groups is 1. The molecular weight excluding hydrogens is 362 g/mol. The van der Waals surface area contributed by atoms with Crippen LogP contribution in [0.2, 0.25) is 0 Å². The smallest absolute Gasteiger partial charge is 0.253 e. The Labute approximate surface area is 172 Å². The number of imidazole rings is 1. The lowest BCUT2D eigenvalue weighted by Gasteiger charge is -2.33. The van der Waals surface area contributed by atoms with Crippen molar-refractivity contribution in [1.29, 1.82) is 0 Å². The average Bonchev–Trinajstić information content (AvgIpc) is 3.14. The van der Waals surface area contributed by atoms with E-state index in [4.69, 9.17) is 9.72 Å². The maximum atomic E-state index is 13.1. The van der Waals surface area contributed by atoms with E-state index in [0.29, 0.717) is 24.8 Å². The van der Waals surface area contributed by atoms with E-state index >= 15 is 0 Å². The van der Waals surface area contributed by atoms with Gasteiger partial charge >= 0.3 is 0 Å². The number of piperidine rings is 1. The van der Waals surface area contributed by atoms with Crippen LogP contribution in [-0.2, 0) is 0 Å². The van der Waals surface area contributed by atoms with E-state index in [1.165, 1.54) is 5.52 Å². The zero-order chi connectivity index (χ0) is 20.4. The van der Waals surface area contributed by atoms with Gasteiger partial charge in [-0.3, -0.25) is 4.79 Å². The molecule has 4 rings (SSSR count). The molecule has 29 heavy (non-hydrogen) atoms. The molecule has 1 amide bonds. The molecule has 0 N–H and O–H groups in total. The number of ether oxygens (including phenoxy) is 1. The Balaban J connectivity index is 1.58. The minimum absolute atomic E-state index is 0.0879. The molecule has 1 saturated heterocycles. The maximum Gasteiger partial charge on any atom is 0.253 e. The van der Waals surface area contributed by atoms with Gasteiger partial charge in [-0.15, -0.1) is 0 Å². The fraction of sp³-hybridized carbons (Fsp3) is 0.417. The second-order valence-corrected chi connectivity index (χ2v) is 7.97. The van der Waals surface area contributed by atoms with Crippen molar-refractivity contribution >= 4 is 16.9 Å². The van der Waals surface area contributed by atoms with Crippen LogP contribution in [-0.4, -0.2) is 40.1 Å². The monoisotopic (exact) mass is 391 g/mol. The predicted molar refractivity (Wildman–Crippen MR) is 116 cm³/mol. The van der Waals surface area contributed by atoms with Gasteiger partial charge in [-0.25, -0.2) is 4.98 Å². The largest absolute Gasteiger partial charge is 0.494 e. The first kappa shape index (κ1) is 19.5. The molecule has 1 atom stereocenters. The van der Waals surface area contributed by atoms with E-state index in [1.807, 2.05) is 42.2 Å². The first-order chi connectivity index (χ1) is 14.1. The van der Waals surface area contributed by atoms with Gasteiger partial charge in [0.05, 0.1) is 17.6 Å². The van der Waals surface area contributed by atoms with Crippen LogP contribution < -0.4 is 4.74 Å². The molecular formula is C24H29N3O2. The number of benzene rings is 2. The van der Waals surface area contributed by atoms with Crippen molar-refractivity contribution in [1.82, 2.24) is 14.5 Å². The van der Waals surface area contributed by atoms with Gasteiger partial charge in [0, 0.05) is 30.6 Å². The summed E-state index contributed by atoms with van der Waals surface area (Å²) in [6.45, 7) is 8.48. The van der Waals surface area contributed by atoms with Crippen LogP contribution in [0.5, 0.6) is 5.75 Å². The fourth-order valence-electron chi connectivity index (χ4n) is 4.31. The standard InChI is InChI=1S/C24H29N3O2/c1-4-29-20-13-11-18(12-14-20)24(28)26-15-7-8-19(16-26)23-25-21-9-5-6-10-22(21)27(23)17(2)3/h5-6,9-14,17,19H,4,7-8,15-16H2,1-3H3. The van der Waals surface area contributed by atoms with Gasteiger partial charge in [-0.2, -0.15) is 0 Å². The zero-order valence-corrected chi connectivity index (χ0v) is 17.5. The van der Waals surface area contributed by atoms with E-state index in [0.717, 1.165) is 36.5 Å². The number of rotatable bonds is 5. The quantitative estimate of drug-likeness (QED) is 0.612. The minimum atomic E-state index is 0.0879. The number of aromatic nitrogens is 2. The van der Waals surface area contributed by atoms with Gasteiger partial charge < -0.3 is 14.2 Å². The molecule has 152 valence electrons. The number of hydrogen-bond acceptors (Lipinski definition) is 3. The van der Waals surface area contributed by atoms with Crippen molar-refractivity contribution in [3.63, 3.8) is 0 Å². The Kier molecular flexibility index (Phi) is 5.56. The second kappa shape index (κ2) is 8.27. The molecule has 5 nitrogen and oxygen atoms in total. The third-order valence-corrected chi connectivity index (χ3v) is 5.63. The lowest BCUT2D eigenvalue weighted by molar-refractivity contribution is 0.0703. The van der Waals surface area contributed by atoms with Gasteiger partial charge in [0.25, 0.3) is 5.91 Å². The molecule has 0 radical (unpaired) electrons. The third-order valence-electron chi connectivity index (χ3n) is 5.63. The third kappa shape index (κ3) is 3.86. The lowest BCUT2D eigenvalue weighted by Crippen LogP contribution is -2.39. The van der Waals surface area contributed by atoms with Crippen molar-refractivity contribution in [3.05, 3.63) is 59.9 Å². The van der Waals surface area contributed by atoms with Crippen molar-refractivity contribution in [2.75, 3.05) is 19.7 Å². The van der Waals surface area contributed by atoms with Crippen molar-refractivity contribution in [3.8, 4) is 5.75 Å². The van der Waals surface area contributed by atoms with E-state index < -0.39 is 0 Å². The molecule has 0 aliphatic carbocycles. The van der Waals surface area contributed by atoms with Gasteiger partial charge in [0.2, 0.25) is 0 Å². The Bertz CT molecular complexity index is 991. The normalized spacial score (nSPS) is 17.1. The molecule has 1 aliphatic rings. The Morgan fingerprint density at radius 3 is 2.66 bits per heavy atom. The molecule has 1 aromatic heterocycles. The van der Waals surface area contributed by atoms with Crippen LogP contribution in [0, 0.1) is 0 Å². The molecule has 2 aromatic carbocycles. The van der Waals surface area contributed by atoms with Crippen molar-refractivity contribution in [2.45, 2.75) is 45.6 Å². The van der Waals surface area contributed by atoms with Crippen molar-refractivity contribution < 1.29 is 9.53 Å². The molecule has 1 aliphatic heterocycles. The lowest BCUT2D eigenvalue weighted by atomic mass is 9.96. The Morgan fingerprint density at radius 1 is 1.17 bits per heavy atom. The van der Waals surface area contributed by atoms with Crippen molar-refractivity contribution in [2.24, 2.45) is 0 Å². The number of amides is 1. The van der Waals surface area contributed by atoms with Crippen LogP contribution >= 0.6 is 0 Å². The molecule has 1 unspecified atom stereocenters. The van der Waals surface area contributed by atoms with Crippen LogP contribution in [0.15, 0.2) is 48.5 Å².